The van der Waals surface area contributed by atoms with Crippen molar-refractivity contribution in [3.8, 4) is 6.07 Å². The van der Waals surface area contributed by atoms with Gasteiger partial charge in [0.15, 0.2) is 0 Å². The lowest BCUT2D eigenvalue weighted by Gasteiger charge is -2.21. The molecule has 1 heterocycles. The molecule has 0 aliphatic heterocycles. The van der Waals surface area contributed by atoms with E-state index in [9.17, 15) is 4.79 Å². The number of aryl methyl sites for hydroxylation is 1. The molecule has 0 spiro atoms. The highest BCUT2D eigenvalue weighted by atomic mass is 16.1. The standard InChI is InChI=1S/C22H24N4O/c1-16(2)15-19(25-22(27)17-9-4-3-5-10-17)21-24-18-11-6-7-12-20(18)26(21)14-8-13-23/h3-7,9-12,16,19H,8,14-15H2,1-2H3,(H,25,27)/t19-/m0/s1. The lowest BCUT2D eigenvalue weighted by atomic mass is 10.0. The molecule has 2 aromatic carbocycles. The minimum absolute atomic E-state index is 0.111. The minimum atomic E-state index is -0.219. The molecule has 0 saturated heterocycles. The second-order valence-electron chi connectivity index (χ2n) is 7.04. The number of nitrogens with one attached hydrogen (secondary N) is 1. The lowest BCUT2D eigenvalue weighted by Crippen LogP contribution is -2.31. The summed E-state index contributed by atoms with van der Waals surface area (Å²) >= 11 is 0. The van der Waals surface area contributed by atoms with Crippen LogP contribution in [-0.2, 0) is 6.54 Å². The molecule has 1 atom stereocenters. The average Bonchev–Trinajstić information content (AvgIpc) is 3.04. The van der Waals surface area contributed by atoms with Gasteiger partial charge in [-0.3, -0.25) is 4.79 Å². The Balaban J connectivity index is 1.99. The highest BCUT2D eigenvalue weighted by molar-refractivity contribution is 5.94. The van der Waals surface area contributed by atoms with Gasteiger partial charge in [0.25, 0.3) is 5.91 Å². The van der Waals surface area contributed by atoms with Crippen LogP contribution in [0.1, 0.15) is 48.9 Å². The summed E-state index contributed by atoms with van der Waals surface area (Å²) < 4.78 is 2.07. The highest BCUT2D eigenvalue weighted by Gasteiger charge is 2.23. The molecule has 3 rings (SSSR count). The zero-order valence-electron chi connectivity index (χ0n) is 15.7. The number of rotatable bonds is 7. The molecule has 0 bridgehead atoms. The van der Waals surface area contributed by atoms with E-state index in [0.717, 1.165) is 23.3 Å². The first-order valence-corrected chi connectivity index (χ1v) is 9.28. The van der Waals surface area contributed by atoms with Gasteiger partial charge in [0.1, 0.15) is 5.82 Å². The third kappa shape index (κ3) is 4.35. The Kier molecular flexibility index (Phi) is 5.87. The highest BCUT2D eigenvalue weighted by Crippen LogP contribution is 2.26. The van der Waals surface area contributed by atoms with Crippen LogP contribution in [0.4, 0.5) is 0 Å². The molecule has 0 saturated carbocycles. The third-order valence-electron chi connectivity index (χ3n) is 4.49. The average molecular weight is 360 g/mol. The van der Waals surface area contributed by atoms with Gasteiger partial charge in [0, 0.05) is 12.1 Å². The summed E-state index contributed by atoms with van der Waals surface area (Å²) in [5.74, 6) is 1.08. The van der Waals surface area contributed by atoms with E-state index in [1.54, 1.807) is 12.1 Å². The number of hydrogen-bond donors (Lipinski definition) is 1. The molecular weight excluding hydrogens is 336 g/mol. The summed E-state index contributed by atoms with van der Waals surface area (Å²) in [6.07, 6.45) is 1.17. The predicted octanol–water partition coefficient (Wildman–Crippen LogP) is 4.47. The number of nitrogens with zero attached hydrogens (tertiary/aromatic N) is 3. The fourth-order valence-corrected chi connectivity index (χ4v) is 3.29. The minimum Gasteiger partial charge on any atom is -0.342 e. The second kappa shape index (κ2) is 8.50. The number of carbonyl (C=O) groups excluding carboxylic acids is 1. The van der Waals surface area contributed by atoms with Gasteiger partial charge in [-0.25, -0.2) is 4.98 Å². The summed E-state index contributed by atoms with van der Waals surface area (Å²) in [4.78, 5) is 17.6. The van der Waals surface area contributed by atoms with Crippen LogP contribution in [0.15, 0.2) is 54.6 Å². The predicted molar refractivity (Wildman–Crippen MR) is 106 cm³/mol. The Morgan fingerprint density at radius 3 is 2.56 bits per heavy atom. The molecule has 5 nitrogen and oxygen atoms in total. The van der Waals surface area contributed by atoms with Crippen molar-refractivity contribution in [1.82, 2.24) is 14.9 Å². The molecule has 138 valence electrons. The monoisotopic (exact) mass is 360 g/mol. The number of imidazole rings is 1. The largest absolute Gasteiger partial charge is 0.342 e. The molecule has 27 heavy (non-hydrogen) atoms. The number of nitriles is 1. The molecule has 1 amide bonds. The van der Waals surface area contributed by atoms with E-state index in [4.69, 9.17) is 10.2 Å². The van der Waals surface area contributed by atoms with Gasteiger partial charge >= 0.3 is 0 Å². The maximum Gasteiger partial charge on any atom is 0.251 e. The summed E-state index contributed by atoms with van der Waals surface area (Å²) in [7, 11) is 0. The maximum absolute atomic E-state index is 12.7. The van der Waals surface area contributed by atoms with Crippen molar-refractivity contribution in [3.05, 3.63) is 66.0 Å². The van der Waals surface area contributed by atoms with Crippen LogP contribution in [0.5, 0.6) is 0 Å². The van der Waals surface area contributed by atoms with E-state index < -0.39 is 0 Å². The van der Waals surface area contributed by atoms with Crippen LogP contribution in [0.25, 0.3) is 11.0 Å². The number of fused-ring (bicyclic) bond motifs is 1. The van der Waals surface area contributed by atoms with E-state index in [-0.39, 0.29) is 11.9 Å². The Morgan fingerprint density at radius 2 is 1.85 bits per heavy atom. The Morgan fingerprint density at radius 1 is 1.15 bits per heavy atom. The van der Waals surface area contributed by atoms with Crippen molar-refractivity contribution < 1.29 is 4.79 Å². The van der Waals surface area contributed by atoms with Crippen LogP contribution in [0.3, 0.4) is 0 Å². The molecule has 3 aromatic rings. The van der Waals surface area contributed by atoms with E-state index in [0.29, 0.717) is 24.4 Å². The fraction of sp³-hybridized carbons (Fsp3) is 0.318. The van der Waals surface area contributed by atoms with E-state index in [1.807, 2.05) is 42.5 Å². The third-order valence-corrected chi connectivity index (χ3v) is 4.49. The Hall–Kier alpha value is -3.13. The summed E-state index contributed by atoms with van der Waals surface area (Å²) in [5, 5.41) is 12.2. The number of aromatic nitrogens is 2. The van der Waals surface area contributed by atoms with Gasteiger partial charge in [-0.15, -0.1) is 0 Å². The molecule has 1 aromatic heterocycles. The second-order valence-corrected chi connectivity index (χ2v) is 7.04. The molecule has 0 unspecified atom stereocenters. The molecule has 5 heteroatoms. The lowest BCUT2D eigenvalue weighted by molar-refractivity contribution is 0.0929. The Bertz CT molecular complexity index is 953. The van der Waals surface area contributed by atoms with Crippen molar-refractivity contribution in [1.29, 1.82) is 5.26 Å². The van der Waals surface area contributed by atoms with Gasteiger partial charge in [-0.05, 0) is 36.6 Å². The van der Waals surface area contributed by atoms with E-state index in [1.165, 1.54) is 0 Å². The van der Waals surface area contributed by atoms with Gasteiger partial charge in [-0.2, -0.15) is 5.26 Å². The van der Waals surface area contributed by atoms with Crippen molar-refractivity contribution in [3.63, 3.8) is 0 Å². The van der Waals surface area contributed by atoms with Crippen molar-refractivity contribution in [2.45, 2.75) is 39.3 Å². The molecule has 1 N–H and O–H groups in total. The number of para-hydroxylation sites is 2. The van der Waals surface area contributed by atoms with Crippen LogP contribution in [-0.4, -0.2) is 15.5 Å². The van der Waals surface area contributed by atoms with Gasteiger partial charge in [0.05, 0.1) is 29.6 Å². The van der Waals surface area contributed by atoms with Gasteiger partial charge in [-0.1, -0.05) is 44.2 Å². The smallest absolute Gasteiger partial charge is 0.251 e. The van der Waals surface area contributed by atoms with Crippen LogP contribution in [0, 0.1) is 17.2 Å². The van der Waals surface area contributed by atoms with Gasteiger partial charge in [0.2, 0.25) is 0 Å². The molecule has 0 aliphatic rings. The number of amides is 1. The molecule has 0 radical (unpaired) electrons. The zero-order valence-corrected chi connectivity index (χ0v) is 15.7. The normalized spacial score (nSPS) is 12.1. The zero-order chi connectivity index (χ0) is 19.2. The summed E-state index contributed by atoms with van der Waals surface area (Å²) in [6, 6.07) is 19.1. The first-order chi connectivity index (χ1) is 13.1. The quantitative estimate of drug-likeness (QED) is 0.676. The molecular formula is C22H24N4O. The summed E-state index contributed by atoms with van der Waals surface area (Å²) in [6.45, 7) is 4.82. The first-order valence-electron chi connectivity index (χ1n) is 9.28. The maximum atomic E-state index is 12.7. The number of benzene rings is 2. The van der Waals surface area contributed by atoms with Crippen LogP contribution < -0.4 is 5.32 Å². The molecule has 0 fully saturated rings. The fourth-order valence-electron chi connectivity index (χ4n) is 3.29. The van der Waals surface area contributed by atoms with Crippen molar-refractivity contribution >= 4 is 16.9 Å². The first kappa shape index (κ1) is 18.7. The van der Waals surface area contributed by atoms with Crippen LogP contribution >= 0.6 is 0 Å². The number of hydrogen-bond acceptors (Lipinski definition) is 3. The number of carbonyl (C=O) groups is 1. The topological polar surface area (TPSA) is 70.7 Å². The van der Waals surface area contributed by atoms with Crippen LogP contribution in [0.2, 0.25) is 0 Å². The van der Waals surface area contributed by atoms with E-state index in [2.05, 4.69) is 29.8 Å². The van der Waals surface area contributed by atoms with Gasteiger partial charge < -0.3 is 9.88 Å². The Labute approximate surface area is 159 Å². The van der Waals surface area contributed by atoms with Crippen molar-refractivity contribution in [2.24, 2.45) is 5.92 Å². The SMILES string of the molecule is CC(C)C[C@H](NC(=O)c1ccccc1)c1nc2ccccc2n1CCC#N. The molecule has 0 aliphatic carbocycles. The van der Waals surface area contributed by atoms with E-state index >= 15 is 0 Å². The summed E-state index contributed by atoms with van der Waals surface area (Å²) in [5.41, 5.74) is 2.50. The van der Waals surface area contributed by atoms with Crippen molar-refractivity contribution in [2.75, 3.05) is 0 Å².